The summed E-state index contributed by atoms with van der Waals surface area (Å²) >= 11 is 5.79. The van der Waals surface area contributed by atoms with E-state index in [1.807, 2.05) is 17.7 Å². The number of halogens is 2. The Hall–Kier alpha value is -1.59. The maximum Gasteiger partial charge on any atom is 0.203 e. The SMILES string of the molecule is COCC(C)Nc1nccn1Cc1ccc(F)c(Cl)c1. The van der Waals surface area contributed by atoms with E-state index in [1.54, 1.807) is 25.4 Å². The minimum absolute atomic E-state index is 0.130. The Balaban J connectivity index is 2.09. The maximum atomic E-state index is 13.1. The van der Waals surface area contributed by atoms with Crippen LogP contribution in [0.3, 0.4) is 0 Å². The van der Waals surface area contributed by atoms with Gasteiger partial charge in [0.2, 0.25) is 5.95 Å². The van der Waals surface area contributed by atoms with Crippen molar-refractivity contribution in [2.75, 3.05) is 19.0 Å². The van der Waals surface area contributed by atoms with Gasteiger partial charge in [0.15, 0.2) is 0 Å². The lowest BCUT2D eigenvalue weighted by atomic mass is 10.2. The Labute approximate surface area is 122 Å². The highest BCUT2D eigenvalue weighted by Crippen LogP contribution is 2.18. The zero-order valence-electron chi connectivity index (χ0n) is 11.4. The molecule has 0 aliphatic heterocycles. The molecular weight excluding hydrogens is 281 g/mol. The number of anilines is 1. The number of rotatable bonds is 6. The van der Waals surface area contributed by atoms with Crippen molar-refractivity contribution in [2.24, 2.45) is 0 Å². The normalized spacial score (nSPS) is 12.4. The Kier molecular flexibility index (Phi) is 4.98. The predicted molar refractivity (Wildman–Crippen MR) is 77.7 cm³/mol. The molecule has 20 heavy (non-hydrogen) atoms. The van der Waals surface area contributed by atoms with Crippen molar-refractivity contribution in [3.05, 3.63) is 47.0 Å². The van der Waals surface area contributed by atoms with E-state index in [-0.39, 0.29) is 11.1 Å². The summed E-state index contributed by atoms with van der Waals surface area (Å²) in [6.45, 7) is 3.18. The molecular formula is C14H17ClFN3O. The third kappa shape index (κ3) is 3.71. The molecule has 1 aromatic heterocycles. The molecule has 1 unspecified atom stereocenters. The summed E-state index contributed by atoms with van der Waals surface area (Å²) in [5.74, 6) is 0.336. The smallest absolute Gasteiger partial charge is 0.203 e. The van der Waals surface area contributed by atoms with Crippen molar-refractivity contribution in [2.45, 2.75) is 19.5 Å². The van der Waals surface area contributed by atoms with Crippen molar-refractivity contribution in [1.82, 2.24) is 9.55 Å². The average molecular weight is 298 g/mol. The second-order valence-corrected chi connectivity index (χ2v) is 5.04. The zero-order chi connectivity index (χ0) is 14.5. The first-order chi connectivity index (χ1) is 9.60. The molecule has 1 heterocycles. The van der Waals surface area contributed by atoms with E-state index in [0.29, 0.717) is 13.2 Å². The van der Waals surface area contributed by atoms with Gasteiger partial charge < -0.3 is 14.6 Å². The molecule has 0 aliphatic carbocycles. The molecule has 0 bridgehead atoms. The highest BCUT2D eigenvalue weighted by Gasteiger charge is 2.08. The highest BCUT2D eigenvalue weighted by atomic mass is 35.5. The summed E-state index contributed by atoms with van der Waals surface area (Å²) in [5, 5.41) is 3.39. The van der Waals surface area contributed by atoms with Crippen LogP contribution in [0, 0.1) is 5.82 Å². The van der Waals surface area contributed by atoms with Crippen LogP contribution in [0.2, 0.25) is 5.02 Å². The zero-order valence-corrected chi connectivity index (χ0v) is 12.2. The fraction of sp³-hybridized carbons (Fsp3) is 0.357. The molecule has 1 N–H and O–H groups in total. The van der Waals surface area contributed by atoms with Crippen molar-refractivity contribution in [3.63, 3.8) is 0 Å². The van der Waals surface area contributed by atoms with Crippen LogP contribution in [-0.2, 0) is 11.3 Å². The van der Waals surface area contributed by atoms with Crippen molar-refractivity contribution >= 4 is 17.5 Å². The standard InChI is InChI=1S/C14H17ClFN3O/c1-10(9-20-2)18-14-17-5-6-19(14)8-11-3-4-13(16)12(15)7-11/h3-7,10H,8-9H2,1-2H3,(H,17,18). The first kappa shape index (κ1) is 14.8. The molecule has 1 atom stereocenters. The van der Waals surface area contributed by atoms with E-state index < -0.39 is 5.82 Å². The summed E-state index contributed by atoms with van der Waals surface area (Å²) in [7, 11) is 1.66. The average Bonchev–Trinajstić information content (AvgIpc) is 2.81. The lowest BCUT2D eigenvalue weighted by Gasteiger charge is -2.15. The van der Waals surface area contributed by atoms with Gasteiger partial charge in [-0.3, -0.25) is 0 Å². The van der Waals surface area contributed by atoms with Crippen LogP contribution in [-0.4, -0.2) is 29.3 Å². The van der Waals surface area contributed by atoms with Gasteiger partial charge in [-0.05, 0) is 24.6 Å². The number of nitrogens with zero attached hydrogens (tertiary/aromatic N) is 2. The second kappa shape index (κ2) is 6.72. The third-order valence-corrected chi connectivity index (χ3v) is 3.13. The number of hydrogen-bond acceptors (Lipinski definition) is 3. The van der Waals surface area contributed by atoms with E-state index in [0.717, 1.165) is 11.5 Å². The van der Waals surface area contributed by atoms with Gasteiger partial charge in [-0.15, -0.1) is 0 Å². The summed E-state index contributed by atoms with van der Waals surface area (Å²) in [5.41, 5.74) is 0.914. The number of benzene rings is 1. The first-order valence-corrected chi connectivity index (χ1v) is 6.68. The molecule has 0 aliphatic rings. The van der Waals surface area contributed by atoms with E-state index in [4.69, 9.17) is 16.3 Å². The summed E-state index contributed by atoms with van der Waals surface area (Å²) < 4.78 is 20.2. The van der Waals surface area contributed by atoms with E-state index in [1.165, 1.54) is 6.07 Å². The van der Waals surface area contributed by atoms with Crippen LogP contribution in [0.5, 0.6) is 0 Å². The highest BCUT2D eigenvalue weighted by molar-refractivity contribution is 6.30. The Bertz CT molecular complexity index is 573. The van der Waals surface area contributed by atoms with Crippen molar-refractivity contribution in [3.8, 4) is 0 Å². The van der Waals surface area contributed by atoms with Gasteiger partial charge in [-0.2, -0.15) is 0 Å². The third-order valence-electron chi connectivity index (χ3n) is 2.84. The van der Waals surface area contributed by atoms with Gasteiger partial charge in [0.25, 0.3) is 0 Å². The van der Waals surface area contributed by atoms with Gasteiger partial charge in [0.05, 0.1) is 18.2 Å². The van der Waals surface area contributed by atoms with Gasteiger partial charge in [0.1, 0.15) is 5.82 Å². The fourth-order valence-corrected chi connectivity index (χ4v) is 2.13. The lowest BCUT2D eigenvalue weighted by molar-refractivity contribution is 0.190. The van der Waals surface area contributed by atoms with E-state index >= 15 is 0 Å². The number of aromatic nitrogens is 2. The monoisotopic (exact) mass is 297 g/mol. The molecule has 0 saturated carbocycles. The molecule has 6 heteroatoms. The molecule has 0 amide bonds. The molecule has 1 aromatic carbocycles. The van der Waals surface area contributed by atoms with Crippen molar-refractivity contribution in [1.29, 1.82) is 0 Å². The quantitative estimate of drug-likeness (QED) is 0.890. The molecule has 0 radical (unpaired) electrons. The van der Waals surface area contributed by atoms with Gasteiger partial charge in [-0.25, -0.2) is 9.37 Å². The molecule has 4 nitrogen and oxygen atoms in total. The molecule has 2 aromatic rings. The Morgan fingerprint density at radius 2 is 2.30 bits per heavy atom. The minimum atomic E-state index is -0.409. The molecule has 2 rings (SSSR count). The fourth-order valence-electron chi connectivity index (χ4n) is 1.92. The summed E-state index contributed by atoms with van der Waals surface area (Å²) in [4.78, 5) is 4.26. The number of nitrogens with one attached hydrogen (secondary N) is 1. The molecule has 108 valence electrons. The summed E-state index contributed by atoms with van der Waals surface area (Å²) in [6, 6.07) is 4.86. The predicted octanol–water partition coefficient (Wildman–Crippen LogP) is 3.17. The van der Waals surface area contributed by atoms with Crippen LogP contribution in [0.25, 0.3) is 0 Å². The minimum Gasteiger partial charge on any atom is -0.383 e. The molecule has 0 spiro atoms. The largest absolute Gasteiger partial charge is 0.383 e. The van der Waals surface area contributed by atoms with Crippen LogP contribution >= 0.6 is 11.6 Å². The Morgan fingerprint density at radius 3 is 3.00 bits per heavy atom. The number of ether oxygens (including phenoxy) is 1. The first-order valence-electron chi connectivity index (χ1n) is 6.30. The molecule has 0 fully saturated rings. The number of imidazole rings is 1. The topological polar surface area (TPSA) is 39.1 Å². The molecule has 0 saturated heterocycles. The Morgan fingerprint density at radius 1 is 1.50 bits per heavy atom. The van der Waals surface area contributed by atoms with E-state index in [9.17, 15) is 4.39 Å². The van der Waals surface area contributed by atoms with Gasteiger partial charge in [0, 0.05) is 25.5 Å². The van der Waals surface area contributed by atoms with E-state index in [2.05, 4.69) is 10.3 Å². The van der Waals surface area contributed by atoms with Gasteiger partial charge >= 0.3 is 0 Å². The van der Waals surface area contributed by atoms with Crippen molar-refractivity contribution < 1.29 is 9.13 Å². The van der Waals surface area contributed by atoms with Crippen LogP contribution < -0.4 is 5.32 Å². The lowest BCUT2D eigenvalue weighted by Crippen LogP contribution is -2.23. The number of hydrogen-bond donors (Lipinski definition) is 1. The van der Waals surface area contributed by atoms with Crippen LogP contribution in [0.1, 0.15) is 12.5 Å². The maximum absolute atomic E-state index is 13.1. The summed E-state index contributed by atoms with van der Waals surface area (Å²) in [6.07, 6.45) is 3.58. The number of methoxy groups -OCH3 is 1. The van der Waals surface area contributed by atoms with Gasteiger partial charge in [-0.1, -0.05) is 17.7 Å². The second-order valence-electron chi connectivity index (χ2n) is 4.63. The van der Waals surface area contributed by atoms with Crippen LogP contribution in [0.15, 0.2) is 30.6 Å². The van der Waals surface area contributed by atoms with Crippen LogP contribution in [0.4, 0.5) is 10.3 Å².